The Hall–Kier alpha value is -1.10. The summed E-state index contributed by atoms with van der Waals surface area (Å²) in [6.07, 6.45) is 6.33. The molecule has 0 radical (unpaired) electrons. The number of rotatable bonds is 5. The van der Waals surface area contributed by atoms with E-state index in [2.05, 4.69) is 17.6 Å². The molecule has 0 aromatic heterocycles. The van der Waals surface area contributed by atoms with E-state index in [0.717, 1.165) is 24.8 Å². The van der Waals surface area contributed by atoms with Gasteiger partial charge in [-0.3, -0.25) is 10.1 Å². The van der Waals surface area contributed by atoms with Crippen LogP contribution in [0.2, 0.25) is 0 Å². The predicted molar refractivity (Wildman–Crippen MR) is 70.9 cm³/mol. The summed E-state index contributed by atoms with van der Waals surface area (Å²) in [5.41, 5.74) is 4.89. The smallest absolute Gasteiger partial charge is 0.318 e. The van der Waals surface area contributed by atoms with Crippen molar-refractivity contribution in [2.45, 2.75) is 52.0 Å². The highest BCUT2D eigenvalue weighted by molar-refractivity contribution is 5.96. The lowest BCUT2D eigenvalue weighted by Crippen LogP contribution is -2.46. The molecular formula is C13H25N3O2. The van der Waals surface area contributed by atoms with Crippen LogP contribution in [0.1, 0.15) is 46.0 Å². The summed E-state index contributed by atoms with van der Waals surface area (Å²) < 4.78 is 0. The molecule has 1 saturated carbocycles. The number of carbonyl (C=O) groups is 2. The quantitative estimate of drug-likeness (QED) is 0.694. The lowest BCUT2D eigenvalue weighted by Gasteiger charge is -2.26. The standard InChI is InChI=1S/C13H25N3O2/c1-9-3-5-11(6-4-9)7-8-15-10(2)12(17)16-13(14)18/h9-11,15H,3-8H2,1-2H3,(H3,14,16,17,18). The Morgan fingerprint density at radius 3 is 2.44 bits per heavy atom. The third-order valence-electron chi connectivity index (χ3n) is 3.78. The molecule has 5 heteroatoms. The first kappa shape index (κ1) is 15.0. The van der Waals surface area contributed by atoms with E-state index < -0.39 is 6.03 Å². The molecule has 0 spiro atoms. The largest absolute Gasteiger partial charge is 0.351 e. The fraction of sp³-hybridized carbons (Fsp3) is 0.846. The normalized spacial score (nSPS) is 25.4. The van der Waals surface area contributed by atoms with Gasteiger partial charge in [0.05, 0.1) is 6.04 Å². The zero-order chi connectivity index (χ0) is 13.5. The number of primary amides is 1. The van der Waals surface area contributed by atoms with E-state index in [4.69, 9.17) is 5.73 Å². The van der Waals surface area contributed by atoms with Gasteiger partial charge in [0, 0.05) is 0 Å². The van der Waals surface area contributed by atoms with Crippen molar-refractivity contribution < 1.29 is 9.59 Å². The highest BCUT2D eigenvalue weighted by Gasteiger charge is 2.19. The van der Waals surface area contributed by atoms with Crippen molar-refractivity contribution in [3.63, 3.8) is 0 Å². The lowest BCUT2D eigenvalue weighted by molar-refractivity contribution is -0.121. The van der Waals surface area contributed by atoms with E-state index in [1.165, 1.54) is 25.7 Å². The second-order valence-corrected chi connectivity index (χ2v) is 5.44. The van der Waals surface area contributed by atoms with Gasteiger partial charge in [0.25, 0.3) is 0 Å². The molecule has 0 bridgehead atoms. The second-order valence-electron chi connectivity index (χ2n) is 5.44. The maximum atomic E-state index is 11.4. The van der Waals surface area contributed by atoms with Gasteiger partial charge >= 0.3 is 6.03 Å². The van der Waals surface area contributed by atoms with Crippen molar-refractivity contribution >= 4 is 11.9 Å². The first-order chi connectivity index (χ1) is 8.49. The summed E-state index contributed by atoms with van der Waals surface area (Å²) in [4.78, 5) is 21.9. The number of hydrogen-bond donors (Lipinski definition) is 3. The summed E-state index contributed by atoms with van der Waals surface area (Å²) in [7, 11) is 0. The second kappa shape index (κ2) is 7.36. The van der Waals surface area contributed by atoms with Crippen LogP contribution in [-0.2, 0) is 4.79 Å². The third-order valence-corrected chi connectivity index (χ3v) is 3.78. The summed E-state index contributed by atoms with van der Waals surface area (Å²) in [6, 6.07) is -1.17. The van der Waals surface area contributed by atoms with Gasteiger partial charge in [-0.05, 0) is 31.7 Å². The van der Waals surface area contributed by atoms with E-state index in [1.54, 1.807) is 6.92 Å². The van der Waals surface area contributed by atoms with Crippen molar-refractivity contribution in [1.82, 2.24) is 10.6 Å². The van der Waals surface area contributed by atoms with Gasteiger partial charge in [-0.15, -0.1) is 0 Å². The molecule has 0 aromatic rings. The fourth-order valence-corrected chi connectivity index (χ4v) is 2.44. The SMILES string of the molecule is CC1CCC(CCNC(C)C(=O)NC(N)=O)CC1. The maximum absolute atomic E-state index is 11.4. The molecule has 1 atom stereocenters. The molecule has 3 amide bonds. The Kier molecular flexibility index (Phi) is 6.12. The van der Waals surface area contributed by atoms with Crippen LogP contribution in [-0.4, -0.2) is 24.5 Å². The van der Waals surface area contributed by atoms with Crippen molar-refractivity contribution in [2.75, 3.05) is 6.54 Å². The molecule has 104 valence electrons. The van der Waals surface area contributed by atoms with Crippen LogP contribution < -0.4 is 16.4 Å². The number of urea groups is 1. The van der Waals surface area contributed by atoms with Gasteiger partial charge in [0.1, 0.15) is 0 Å². The van der Waals surface area contributed by atoms with Gasteiger partial charge in [0.15, 0.2) is 0 Å². The van der Waals surface area contributed by atoms with Crippen molar-refractivity contribution in [2.24, 2.45) is 17.6 Å². The summed E-state index contributed by atoms with van der Waals surface area (Å²) in [5.74, 6) is 1.29. The van der Waals surface area contributed by atoms with E-state index in [0.29, 0.717) is 0 Å². The minimum Gasteiger partial charge on any atom is -0.351 e. The highest BCUT2D eigenvalue weighted by atomic mass is 16.2. The molecule has 5 nitrogen and oxygen atoms in total. The molecule has 1 aliphatic carbocycles. The number of carbonyl (C=O) groups excluding carboxylic acids is 2. The van der Waals surface area contributed by atoms with Crippen molar-refractivity contribution in [3.8, 4) is 0 Å². The molecule has 1 unspecified atom stereocenters. The first-order valence-corrected chi connectivity index (χ1v) is 6.82. The van der Waals surface area contributed by atoms with Crippen molar-refractivity contribution in [1.29, 1.82) is 0 Å². The highest BCUT2D eigenvalue weighted by Crippen LogP contribution is 2.29. The van der Waals surface area contributed by atoms with Gasteiger partial charge in [-0.1, -0.05) is 32.6 Å². The Bertz CT molecular complexity index is 286. The van der Waals surface area contributed by atoms with Gasteiger partial charge in [0.2, 0.25) is 5.91 Å². The van der Waals surface area contributed by atoms with Gasteiger partial charge < -0.3 is 11.1 Å². The number of imide groups is 1. The van der Waals surface area contributed by atoms with Gasteiger partial charge in [-0.25, -0.2) is 4.79 Å². The van der Waals surface area contributed by atoms with Crippen LogP contribution in [0.4, 0.5) is 4.79 Å². The zero-order valence-electron chi connectivity index (χ0n) is 11.4. The van der Waals surface area contributed by atoms with Crippen LogP contribution in [0.25, 0.3) is 0 Å². The molecular weight excluding hydrogens is 230 g/mol. The lowest BCUT2D eigenvalue weighted by atomic mass is 9.81. The molecule has 18 heavy (non-hydrogen) atoms. The predicted octanol–water partition coefficient (Wildman–Crippen LogP) is 1.38. The van der Waals surface area contributed by atoms with Crippen LogP contribution in [0.15, 0.2) is 0 Å². The van der Waals surface area contributed by atoms with Crippen LogP contribution in [0.3, 0.4) is 0 Å². The number of nitrogens with two attached hydrogens (primary N) is 1. The molecule has 1 fully saturated rings. The Labute approximate surface area is 109 Å². The summed E-state index contributed by atoms with van der Waals surface area (Å²) >= 11 is 0. The zero-order valence-corrected chi connectivity index (χ0v) is 11.4. The molecule has 1 rings (SSSR count). The van der Waals surface area contributed by atoms with E-state index in [-0.39, 0.29) is 11.9 Å². The minimum absolute atomic E-state index is 0.361. The Morgan fingerprint density at radius 2 is 1.89 bits per heavy atom. The average Bonchev–Trinajstić information content (AvgIpc) is 2.30. The molecule has 0 heterocycles. The number of amides is 3. The molecule has 1 aliphatic rings. The van der Waals surface area contributed by atoms with Crippen LogP contribution >= 0.6 is 0 Å². The summed E-state index contributed by atoms with van der Waals surface area (Å²) in [6.45, 7) is 4.86. The Balaban J connectivity index is 2.13. The maximum Gasteiger partial charge on any atom is 0.318 e. The number of nitrogens with one attached hydrogen (secondary N) is 2. The van der Waals surface area contributed by atoms with E-state index >= 15 is 0 Å². The molecule has 0 aliphatic heterocycles. The minimum atomic E-state index is -0.796. The molecule has 0 saturated heterocycles. The number of hydrogen-bond acceptors (Lipinski definition) is 3. The van der Waals surface area contributed by atoms with E-state index in [1.807, 2.05) is 0 Å². The topological polar surface area (TPSA) is 84.2 Å². The van der Waals surface area contributed by atoms with Crippen LogP contribution in [0, 0.1) is 11.8 Å². The van der Waals surface area contributed by atoms with Crippen LogP contribution in [0.5, 0.6) is 0 Å². The monoisotopic (exact) mass is 255 g/mol. The summed E-state index contributed by atoms with van der Waals surface area (Å²) in [5, 5.41) is 5.20. The Morgan fingerprint density at radius 1 is 1.28 bits per heavy atom. The fourth-order valence-electron chi connectivity index (χ4n) is 2.44. The van der Waals surface area contributed by atoms with E-state index in [9.17, 15) is 9.59 Å². The molecule has 0 aromatic carbocycles. The average molecular weight is 255 g/mol. The first-order valence-electron chi connectivity index (χ1n) is 6.82. The third kappa shape index (κ3) is 5.49. The van der Waals surface area contributed by atoms with Crippen molar-refractivity contribution in [3.05, 3.63) is 0 Å². The van der Waals surface area contributed by atoms with Gasteiger partial charge in [-0.2, -0.15) is 0 Å². The molecule has 4 N–H and O–H groups in total.